The number of rotatable bonds is 6. The molecule has 1 aromatic carbocycles. The summed E-state index contributed by atoms with van der Waals surface area (Å²) in [5.74, 6) is -0.455. The number of carbonyl (C=O) groups is 1. The van der Waals surface area contributed by atoms with Gasteiger partial charge in [0, 0.05) is 7.11 Å². The van der Waals surface area contributed by atoms with Crippen molar-refractivity contribution in [3.05, 3.63) is 24.3 Å². The van der Waals surface area contributed by atoms with Crippen LogP contribution in [0.25, 0.3) is 0 Å². The Labute approximate surface area is 100 Å². The first kappa shape index (κ1) is 13.7. The van der Waals surface area contributed by atoms with Crippen molar-refractivity contribution in [2.45, 2.75) is 4.90 Å². The highest BCUT2D eigenvalue weighted by molar-refractivity contribution is 7.92. The van der Waals surface area contributed by atoms with Crippen molar-refractivity contribution in [2.24, 2.45) is 0 Å². The first-order valence-electron chi connectivity index (χ1n) is 4.87. The number of ketones is 1. The second kappa shape index (κ2) is 5.79. The topological polar surface area (TPSA) is 69.7 Å². The van der Waals surface area contributed by atoms with E-state index in [0.717, 1.165) is 0 Å². The Balaban J connectivity index is 2.85. The summed E-state index contributed by atoms with van der Waals surface area (Å²) >= 11 is 0. The van der Waals surface area contributed by atoms with Crippen molar-refractivity contribution in [3.8, 4) is 5.75 Å². The minimum absolute atomic E-state index is 0.0998. The standard InChI is InChI=1S/C11H14O5S/c1-15-7-9(12)8-17(13,14)11-5-3-10(16-2)4-6-11/h3-6H,7-8H2,1-2H3. The van der Waals surface area contributed by atoms with Crippen molar-refractivity contribution >= 4 is 15.6 Å². The Morgan fingerprint density at radius 2 is 1.76 bits per heavy atom. The zero-order valence-electron chi connectivity index (χ0n) is 9.67. The second-order valence-corrected chi connectivity index (χ2v) is 5.40. The molecule has 0 amide bonds. The minimum Gasteiger partial charge on any atom is -0.497 e. The molecule has 0 heterocycles. The van der Waals surface area contributed by atoms with E-state index >= 15 is 0 Å². The number of methoxy groups -OCH3 is 2. The molecule has 0 saturated carbocycles. The lowest BCUT2D eigenvalue weighted by atomic mass is 10.3. The van der Waals surface area contributed by atoms with Gasteiger partial charge >= 0.3 is 0 Å². The Bertz CT molecular complexity index is 475. The smallest absolute Gasteiger partial charge is 0.185 e. The Kier molecular flexibility index (Phi) is 4.65. The predicted octanol–water partition coefficient (Wildman–Crippen LogP) is 0.684. The van der Waals surface area contributed by atoms with Gasteiger partial charge in [-0.3, -0.25) is 4.79 Å². The fourth-order valence-electron chi connectivity index (χ4n) is 1.28. The summed E-state index contributed by atoms with van der Waals surface area (Å²) in [6, 6.07) is 5.89. The highest BCUT2D eigenvalue weighted by Gasteiger charge is 2.18. The van der Waals surface area contributed by atoms with Crippen LogP contribution in [0.5, 0.6) is 5.75 Å². The molecule has 1 rings (SSSR count). The van der Waals surface area contributed by atoms with E-state index < -0.39 is 21.4 Å². The lowest BCUT2D eigenvalue weighted by Crippen LogP contribution is -2.19. The van der Waals surface area contributed by atoms with Crippen molar-refractivity contribution in [1.29, 1.82) is 0 Å². The average Bonchev–Trinajstić information content (AvgIpc) is 2.28. The number of hydrogen-bond acceptors (Lipinski definition) is 5. The monoisotopic (exact) mass is 258 g/mol. The molecule has 94 valence electrons. The molecule has 0 spiro atoms. The van der Waals surface area contributed by atoms with E-state index in [4.69, 9.17) is 4.74 Å². The summed E-state index contributed by atoms with van der Waals surface area (Å²) in [5, 5.41) is 0. The van der Waals surface area contributed by atoms with Crippen molar-refractivity contribution in [2.75, 3.05) is 26.6 Å². The third-order valence-corrected chi connectivity index (χ3v) is 3.77. The molecule has 6 heteroatoms. The van der Waals surface area contributed by atoms with Crippen LogP contribution < -0.4 is 4.74 Å². The van der Waals surface area contributed by atoms with E-state index in [1.54, 1.807) is 0 Å². The number of carbonyl (C=O) groups excluding carboxylic acids is 1. The van der Waals surface area contributed by atoms with Crippen LogP contribution in [0.2, 0.25) is 0 Å². The van der Waals surface area contributed by atoms with E-state index in [9.17, 15) is 13.2 Å². The molecule has 1 aromatic rings. The summed E-state index contributed by atoms with van der Waals surface area (Å²) in [5.41, 5.74) is 0. The molecule has 0 aliphatic heterocycles. The minimum atomic E-state index is -3.59. The maximum absolute atomic E-state index is 11.8. The molecule has 0 saturated heterocycles. The van der Waals surface area contributed by atoms with Crippen LogP contribution in [-0.2, 0) is 19.4 Å². The third kappa shape index (κ3) is 3.83. The Hall–Kier alpha value is -1.40. The van der Waals surface area contributed by atoms with Crippen LogP contribution in [0.15, 0.2) is 29.2 Å². The molecule has 17 heavy (non-hydrogen) atoms. The molecule has 0 aromatic heterocycles. The van der Waals surface area contributed by atoms with Gasteiger partial charge in [-0.2, -0.15) is 0 Å². The van der Waals surface area contributed by atoms with Gasteiger partial charge in [0.1, 0.15) is 18.1 Å². The Morgan fingerprint density at radius 3 is 2.24 bits per heavy atom. The van der Waals surface area contributed by atoms with Gasteiger partial charge in [0.05, 0.1) is 12.0 Å². The summed E-state index contributed by atoms with van der Waals surface area (Å²) in [7, 11) is -0.755. The van der Waals surface area contributed by atoms with E-state index in [1.165, 1.54) is 38.5 Å². The number of Topliss-reactive ketones (excluding diaryl/α,β-unsaturated/α-hetero) is 1. The van der Waals surface area contributed by atoms with Gasteiger partial charge in [0.15, 0.2) is 15.6 Å². The summed E-state index contributed by atoms with van der Waals surface area (Å²) < 4.78 is 33.1. The fraction of sp³-hybridized carbons (Fsp3) is 0.364. The van der Waals surface area contributed by atoms with Crippen molar-refractivity contribution in [3.63, 3.8) is 0 Å². The first-order valence-corrected chi connectivity index (χ1v) is 6.52. The van der Waals surface area contributed by atoms with Gasteiger partial charge in [-0.1, -0.05) is 0 Å². The fourth-order valence-corrected chi connectivity index (χ4v) is 2.51. The zero-order valence-corrected chi connectivity index (χ0v) is 10.5. The number of benzene rings is 1. The molecule has 0 N–H and O–H groups in total. The summed E-state index contributed by atoms with van der Waals surface area (Å²) in [6.45, 7) is -0.199. The van der Waals surface area contributed by atoms with E-state index in [-0.39, 0.29) is 11.5 Å². The van der Waals surface area contributed by atoms with Gasteiger partial charge in [-0.05, 0) is 24.3 Å². The van der Waals surface area contributed by atoms with Crippen molar-refractivity contribution in [1.82, 2.24) is 0 Å². The van der Waals surface area contributed by atoms with E-state index in [2.05, 4.69) is 4.74 Å². The number of hydrogen-bond donors (Lipinski definition) is 0. The zero-order chi connectivity index (χ0) is 12.9. The summed E-state index contributed by atoms with van der Waals surface area (Å²) in [4.78, 5) is 11.3. The van der Waals surface area contributed by atoms with Crippen LogP contribution in [0.1, 0.15) is 0 Å². The molecule has 0 bridgehead atoms. The van der Waals surface area contributed by atoms with Gasteiger partial charge in [0.25, 0.3) is 0 Å². The molecule has 0 aliphatic carbocycles. The normalized spacial score (nSPS) is 11.2. The maximum atomic E-state index is 11.8. The molecule has 0 atom stereocenters. The molecular formula is C11H14O5S. The number of sulfone groups is 1. The predicted molar refractivity (Wildman–Crippen MR) is 61.9 cm³/mol. The lowest BCUT2D eigenvalue weighted by molar-refractivity contribution is -0.120. The van der Waals surface area contributed by atoms with Crippen molar-refractivity contribution < 1.29 is 22.7 Å². The van der Waals surface area contributed by atoms with Crippen LogP contribution in [0.4, 0.5) is 0 Å². The van der Waals surface area contributed by atoms with Gasteiger partial charge in [-0.25, -0.2) is 8.42 Å². The molecular weight excluding hydrogens is 244 g/mol. The quantitative estimate of drug-likeness (QED) is 0.750. The molecule has 0 fully saturated rings. The molecule has 0 radical (unpaired) electrons. The largest absolute Gasteiger partial charge is 0.497 e. The van der Waals surface area contributed by atoms with E-state index in [0.29, 0.717) is 5.75 Å². The van der Waals surface area contributed by atoms with Crippen LogP contribution in [0, 0.1) is 0 Å². The number of ether oxygens (including phenoxy) is 2. The first-order chi connectivity index (χ1) is 7.99. The highest BCUT2D eigenvalue weighted by Crippen LogP contribution is 2.16. The van der Waals surface area contributed by atoms with Crippen LogP contribution >= 0.6 is 0 Å². The average molecular weight is 258 g/mol. The second-order valence-electron chi connectivity index (χ2n) is 3.41. The van der Waals surface area contributed by atoms with Gasteiger partial charge in [-0.15, -0.1) is 0 Å². The third-order valence-electron chi connectivity index (χ3n) is 2.07. The summed E-state index contributed by atoms with van der Waals surface area (Å²) in [6.07, 6.45) is 0. The van der Waals surface area contributed by atoms with Gasteiger partial charge in [0.2, 0.25) is 0 Å². The lowest BCUT2D eigenvalue weighted by Gasteiger charge is -2.04. The van der Waals surface area contributed by atoms with Crippen LogP contribution in [0.3, 0.4) is 0 Å². The highest BCUT2D eigenvalue weighted by atomic mass is 32.2. The maximum Gasteiger partial charge on any atom is 0.185 e. The molecule has 5 nitrogen and oxygen atoms in total. The Morgan fingerprint density at radius 1 is 1.18 bits per heavy atom. The SMILES string of the molecule is COCC(=O)CS(=O)(=O)c1ccc(OC)cc1. The van der Waals surface area contributed by atoms with E-state index in [1.807, 2.05) is 0 Å². The van der Waals surface area contributed by atoms with Crippen LogP contribution in [-0.4, -0.2) is 40.8 Å². The molecule has 0 aliphatic rings. The molecule has 0 unspecified atom stereocenters. The van der Waals surface area contributed by atoms with Gasteiger partial charge < -0.3 is 9.47 Å².